The number of aliphatic hydroxyl groups excluding tert-OH is 1. The Labute approximate surface area is 313 Å². The molecule has 1 rings (SSSR count). The lowest BCUT2D eigenvalue weighted by molar-refractivity contribution is -0.147. The molecule has 0 saturated carbocycles. The van der Waals surface area contributed by atoms with Crippen LogP contribution in [0.1, 0.15) is 167 Å². The van der Waals surface area contributed by atoms with Gasteiger partial charge in [0.2, 0.25) is 0 Å². The number of allylic oxidation sites excluding steroid dienone is 2. The quantitative estimate of drug-likeness (QED) is 0.0490. The van der Waals surface area contributed by atoms with Gasteiger partial charge in [-0.1, -0.05) is 126 Å². The van der Waals surface area contributed by atoms with Gasteiger partial charge in [-0.3, -0.25) is 10.1 Å². The molecule has 8 heteroatoms. The van der Waals surface area contributed by atoms with Crippen LogP contribution in [-0.4, -0.2) is 60.9 Å². The van der Waals surface area contributed by atoms with Gasteiger partial charge in [-0.25, -0.2) is 4.79 Å². The molecule has 7 atom stereocenters. The van der Waals surface area contributed by atoms with Gasteiger partial charge in [-0.05, 0) is 80.6 Å². The standard InChI is InChI=1S/C43H80N2O6/c1-14-20-36(22-18-17-21-31(6)24-25-35(15-2)44-33(8)46)45-41(48)51-37(23-19-26-49-40(47)30(4)5)29-50-39-28-34(43(12,13)16-3)27-38(32(39)7)42(9,10)11/h27-28,30-33,35-37,39,44,46H,14-26,29H2,1-13H3,(H,45,48). The Morgan fingerprint density at radius 3 is 2.12 bits per heavy atom. The van der Waals surface area contributed by atoms with Crippen molar-refractivity contribution in [3.05, 3.63) is 23.3 Å². The average Bonchev–Trinajstić information content (AvgIpc) is 3.05. The van der Waals surface area contributed by atoms with E-state index in [1.165, 1.54) is 11.1 Å². The van der Waals surface area contributed by atoms with Crippen molar-refractivity contribution >= 4 is 12.1 Å². The number of nitrogens with one attached hydrogen (secondary N) is 2. The molecular formula is C43H80N2O6. The molecule has 0 radical (unpaired) electrons. The second kappa shape index (κ2) is 23.7. The first-order valence-electron chi connectivity index (χ1n) is 20.5. The van der Waals surface area contributed by atoms with Crippen LogP contribution in [0.4, 0.5) is 4.79 Å². The van der Waals surface area contributed by atoms with E-state index < -0.39 is 18.4 Å². The minimum absolute atomic E-state index is 0.00148. The highest BCUT2D eigenvalue weighted by Gasteiger charge is 2.35. The smallest absolute Gasteiger partial charge is 0.407 e. The van der Waals surface area contributed by atoms with Gasteiger partial charge in [-0.2, -0.15) is 0 Å². The number of amides is 1. The molecule has 3 N–H and O–H groups in total. The zero-order valence-electron chi connectivity index (χ0n) is 35.2. The molecular weight excluding hydrogens is 640 g/mol. The molecule has 0 bridgehead atoms. The van der Waals surface area contributed by atoms with Crippen molar-refractivity contribution in [2.75, 3.05) is 13.2 Å². The summed E-state index contributed by atoms with van der Waals surface area (Å²) in [6.45, 7) is 28.4. The number of carbonyl (C=O) groups is 2. The summed E-state index contributed by atoms with van der Waals surface area (Å²) < 4.78 is 18.2. The molecule has 0 spiro atoms. The lowest BCUT2D eigenvalue weighted by Gasteiger charge is -2.39. The molecule has 0 heterocycles. The van der Waals surface area contributed by atoms with Gasteiger partial charge >= 0.3 is 12.1 Å². The number of alkyl carbamates (subject to hydrolysis) is 1. The largest absolute Gasteiger partial charge is 0.465 e. The maximum absolute atomic E-state index is 13.4. The van der Waals surface area contributed by atoms with Crippen LogP contribution in [0.25, 0.3) is 0 Å². The molecule has 7 unspecified atom stereocenters. The van der Waals surface area contributed by atoms with Gasteiger partial charge in [0, 0.05) is 18.0 Å². The summed E-state index contributed by atoms with van der Waals surface area (Å²) in [5, 5.41) is 16.1. The normalized spacial score (nSPS) is 19.8. The predicted octanol–water partition coefficient (Wildman–Crippen LogP) is 10.3. The summed E-state index contributed by atoms with van der Waals surface area (Å²) in [7, 11) is 0. The molecule has 0 saturated heterocycles. The van der Waals surface area contributed by atoms with Crippen LogP contribution < -0.4 is 10.6 Å². The highest BCUT2D eigenvalue weighted by molar-refractivity contribution is 5.71. The molecule has 1 aliphatic carbocycles. The minimum atomic E-state index is -0.472. The monoisotopic (exact) mass is 721 g/mol. The van der Waals surface area contributed by atoms with E-state index in [-0.39, 0.29) is 54.0 Å². The van der Waals surface area contributed by atoms with E-state index in [1.54, 1.807) is 6.92 Å². The first kappa shape index (κ1) is 47.1. The Bertz CT molecular complexity index is 1060. The maximum Gasteiger partial charge on any atom is 0.407 e. The second-order valence-corrected chi connectivity index (χ2v) is 17.3. The highest BCUT2D eigenvalue weighted by Crippen LogP contribution is 2.43. The third kappa shape index (κ3) is 18.6. The van der Waals surface area contributed by atoms with E-state index in [1.807, 2.05) is 13.8 Å². The summed E-state index contributed by atoms with van der Waals surface area (Å²) in [4.78, 5) is 25.4. The Balaban J connectivity index is 2.89. The minimum Gasteiger partial charge on any atom is -0.465 e. The Morgan fingerprint density at radius 1 is 0.882 bits per heavy atom. The number of hydrogen-bond donors (Lipinski definition) is 3. The first-order valence-corrected chi connectivity index (χ1v) is 20.5. The van der Waals surface area contributed by atoms with Crippen LogP contribution in [0, 0.1) is 28.6 Å². The zero-order valence-corrected chi connectivity index (χ0v) is 35.2. The van der Waals surface area contributed by atoms with Gasteiger partial charge in [0.1, 0.15) is 12.3 Å². The van der Waals surface area contributed by atoms with Crippen molar-refractivity contribution in [2.45, 2.75) is 198 Å². The van der Waals surface area contributed by atoms with E-state index in [4.69, 9.17) is 14.2 Å². The molecule has 1 amide bonds. The molecule has 0 fully saturated rings. The van der Waals surface area contributed by atoms with Gasteiger partial charge in [0.15, 0.2) is 0 Å². The SMILES string of the molecule is CCCC(CCCCC(C)CCC(CC)NC(C)O)NC(=O)OC(CCCOC(=O)C(C)C)COC1C=C(C(C)(C)CC)C=C(C(C)(C)C)C1C. The van der Waals surface area contributed by atoms with Crippen LogP contribution >= 0.6 is 0 Å². The van der Waals surface area contributed by atoms with Gasteiger partial charge in [0.05, 0.1) is 25.2 Å². The van der Waals surface area contributed by atoms with Crippen LogP contribution in [0.2, 0.25) is 0 Å². The van der Waals surface area contributed by atoms with Crippen molar-refractivity contribution in [1.29, 1.82) is 0 Å². The van der Waals surface area contributed by atoms with Crippen LogP contribution in [0.15, 0.2) is 23.3 Å². The molecule has 0 aromatic heterocycles. The molecule has 51 heavy (non-hydrogen) atoms. The topological polar surface area (TPSA) is 106 Å². The van der Waals surface area contributed by atoms with Crippen molar-refractivity contribution in [2.24, 2.45) is 28.6 Å². The van der Waals surface area contributed by atoms with Gasteiger partial charge < -0.3 is 24.6 Å². The fourth-order valence-electron chi connectivity index (χ4n) is 6.86. The van der Waals surface area contributed by atoms with Gasteiger partial charge in [-0.15, -0.1) is 0 Å². The highest BCUT2D eigenvalue weighted by atomic mass is 16.6. The number of esters is 1. The maximum atomic E-state index is 13.4. The van der Waals surface area contributed by atoms with E-state index >= 15 is 0 Å². The molecule has 1 aliphatic rings. The molecule has 8 nitrogen and oxygen atoms in total. The summed E-state index contributed by atoms with van der Waals surface area (Å²) in [5.74, 6) is 0.417. The lowest BCUT2D eigenvalue weighted by atomic mass is 9.69. The molecule has 298 valence electrons. The van der Waals surface area contributed by atoms with Crippen molar-refractivity contribution in [1.82, 2.24) is 10.6 Å². The number of rotatable bonds is 25. The Hall–Kier alpha value is -1.90. The summed E-state index contributed by atoms with van der Waals surface area (Å²) in [5.41, 5.74) is 2.69. The van der Waals surface area contributed by atoms with Crippen molar-refractivity contribution in [3.63, 3.8) is 0 Å². The number of carbonyl (C=O) groups excluding carboxylic acids is 2. The summed E-state index contributed by atoms with van der Waals surface area (Å²) in [6, 6.07) is 0.414. The van der Waals surface area contributed by atoms with E-state index in [0.29, 0.717) is 24.8 Å². The van der Waals surface area contributed by atoms with E-state index in [2.05, 4.69) is 92.0 Å². The average molecular weight is 721 g/mol. The number of hydrogen-bond acceptors (Lipinski definition) is 7. The van der Waals surface area contributed by atoms with Crippen molar-refractivity contribution < 1.29 is 28.9 Å². The number of ether oxygens (including phenoxy) is 3. The first-order chi connectivity index (χ1) is 23.8. The Kier molecular flexibility index (Phi) is 21.9. The number of aliphatic hydroxyl groups is 1. The van der Waals surface area contributed by atoms with Crippen LogP contribution in [-0.2, 0) is 19.0 Å². The molecule has 0 aromatic carbocycles. The van der Waals surface area contributed by atoms with Crippen molar-refractivity contribution in [3.8, 4) is 0 Å². The third-order valence-electron chi connectivity index (χ3n) is 10.7. The fraction of sp³-hybridized carbons (Fsp3) is 0.860. The summed E-state index contributed by atoms with van der Waals surface area (Å²) in [6.07, 6.45) is 14.7. The van der Waals surface area contributed by atoms with Crippen LogP contribution in [0.3, 0.4) is 0 Å². The molecule has 0 aromatic rings. The second-order valence-electron chi connectivity index (χ2n) is 17.3. The van der Waals surface area contributed by atoms with E-state index in [9.17, 15) is 14.7 Å². The predicted molar refractivity (Wildman–Crippen MR) is 211 cm³/mol. The molecule has 0 aliphatic heterocycles. The number of unbranched alkanes of at least 4 members (excludes halogenated alkanes) is 1. The third-order valence-corrected chi connectivity index (χ3v) is 10.7. The zero-order chi connectivity index (χ0) is 38.8. The lowest BCUT2D eigenvalue weighted by Crippen LogP contribution is -2.39. The van der Waals surface area contributed by atoms with Gasteiger partial charge in [0.25, 0.3) is 0 Å². The van der Waals surface area contributed by atoms with E-state index in [0.717, 1.165) is 64.2 Å². The fourth-order valence-corrected chi connectivity index (χ4v) is 6.86. The Morgan fingerprint density at radius 2 is 1.55 bits per heavy atom. The summed E-state index contributed by atoms with van der Waals surface area (Å²) >= 11 is 0. The van der Waals surface area contributed by atoms with Crippen LogP contribution in [0.5, 0.6) is 0 Å².